The molecule has 2 aliphatic heterocycles. The summed E-state index contributed by atoms with van der Waals surface area (Å²) < 4.78 is 30.6. The predicted molar refractivity (Wildman–Crippen MR) is 117 cm³/mol. The molecule has 0 amide bonds. The minimum atomic E-state index is -0.478. The summed E-state index contributed by atoms with van der Waals surface area (Å²) >= 11 is 0. The largest absolute Gasteiger partial charge is 0.494 e. The molecule has 4 rings (SSSR count). The molecule has 0 radical (unpaired) electrons. The van der Waals surface area contributed by atoms with Gasteiger partial charge < -0.3 is 23.5 Å². The second kappa shape index (κ2) is 8.35. The van der Waals surface area contributed by atoms with Gasteiger partial charge in [-0.2, -0.15) is 0 Å². The van der Waals surface area contributed by atoms with Gasteiger partial charge in [-0.1, -0.05) is 55.8 Å². The first-order valence-electron chi connectivity index (χ1n) is 10.8. The molecule has 0 atom stereocenters. The summed E-state index contributed by atoms with van der Waals surface area (Å²) in [5.74, 6) is 0.778. The summed E-state index contributed by atoms with van der Waals surface area (Å²) in [5.41, 5.74) is 2.02. The summed E-state index contributed by atoms with van der Waals surface area (Å²) in [7, 11) is -0.441. The third kappa shape index (κ3) is 4.15. The van der Waals surface area contributed by atoms with E-state index in [0.29, 0.717) is 6.61 Å². The Bertz CT molecular complexity index is 845. The average Bonchev–Trinajstić information content (AvgIpc) is 2.90. The highest BCUT2D eigenvalue weighted by molar-refractivity contribution is 6.62. The molecule has 2 aliphatic rings. The third-order valence-electron chi connectivity index (χ3n) is 6.13. The van der Waals surface area contributed by atoms with Gasteiger partial charge in [-0.3, -0.25) is 0 Å². The van der Waals surface area contributed by atoms with Crippen molar-refractivity contribution in [3.8, 4) is 5.75 Å². The van der Waals surface area contributed by atoms with E-state index in [9.17, 15) is 0 Å². The molecule has 5 nitrogen and oxygen atoms in total. The molecule has 0 aliphatic carbocycles. The quantitative estimate of drug-likeness (QED) is 0.480. The van der Waals surface area contributed by atoms with Crippen LogP contribution in [0.3, 0.4) is 0 Å². The van der Waals surface area contributed by atoms with Crippen LogP contribution >= 0.6 is 0 Å². The van der Waals surface area contributed by atoms with Crippen molar-refractivity contribution in [2.24, 2.45) is 0 Å². The monoisotopic (exact) mass is 410 g/mol. The number of hydrogen-bond acceptors (Lipinski definition) is 5. The van der Waals surface area contributed by atoms with Gasteiger partial charge in [-0.15, -0.1) is 0 Å². The van der Waals surface area contributed by atoms with Gasteiger partial charge in [0.25, 0.3) is 0 Å². The molecule has 2 aromatic rings. The lowest BCUT2D eigenvalue weighted by Gasteiger charge is -2.37. The maximum absolute atomic E-state index is 6.22. The molecule has 0 aromatic heterocycles. The van der Waals surface area contributed by atoms with Crippen molar-refractivity contribution in [2.75, 3.05) is 6.61 Å². The first-order chi connectivity index (χ1) is 14.3. The molecule has 0 bridgehead atoms. The van der Waals surface area contributed by atoms with Crippen LogP contribution in [0.25, 0.3) is 0 Å². The fraction of sp³-hybridized carbons (Fsp3) is 0.500. The maximum Gasteiger partial charge on any atom is 0.494 e. The highest BCUT2D eigenvalue weighted by Gasteiger charge is 2.52. The van der Waals surface area contributed by atoms with Crippen LogP contribution in [-0.4, -0.2) is 24.9 Å². The van der Waals surface area contributed by atoms with Crippen LogP contribution in [0.2, 0.25) is 0 Å². The highest BCUT2D eigenvalue weighted by Crippen LogP contribution is 2.44. The zero-order valence-corrected chi connectivity index (χ0v) is 18.5. The van der Waals surface area contributed by atoms with Gasteiger partial charge in [0.15, 0.2) is 12.6 Å². The lowest BCUT2D eigenvalue weighted by molar-refractivity contribution is -0.397. The first-order valence-corrected chi connectivity index (χ1v) is 10.8. The molecule has 2 heterocycles. The Balaban J connectivity index is 1.55. The lowest BCUT2D eigenvalue weighted by Crippen LogP contribution is -2.41. The Hall–Kier alpha value is -1.86. The smallest absolute Gasteiger partial charge is 0.493 e. The second-order valence-electron chi connectivity index (χ2n) is 8.93. The van der Waals surface area contributed by atoms with Crippen molar-refractivity contribution in [2.45, 2.75) is 71.2 Å². The van der Waals surface area contributed by atoms with Crippen LogP contribution in [0, 0.1) is 0 Å². The summed E-state index contributed by atoms with van der Waals surface area (Å²) in [6.45, 7) is 11.0. The molecule has 2 fully saturated rings. The summed E-state index contributed by atoms with van der Waals surface area (Å²) in [5, 5.41) is 0. The summed E-state index contributed by atoms with van der Waals surface area (Å²) in [4.78, 5) is 0. The fourth-order valence-corrected chi connectivity index (χ4v) is 3.48. The summed E-state index contributed by atoms with van der Waals surface area (Å²) in [6, 6.07) is 15.9. The van der Waals surface area contributed by atoms with E-state index in [-0.39, 0.29) is 6.29 Å². The van der Waals surface area contributed by atoms with Crippen molar-refractivity contribution in [1.29, 1.82) is 0 Å². The number of hydrogen-bond donors (Lipinski definition) is 0. The van der Waals surface area contributed by atoms with Gasteiger partial charge >= 0.3 is 7.12 Å². The van der Waals surface area contributed by atoms with Crippen molar-refractivity contribution < 1.29 is 23.5 Å². The van der Waals surface area contributed by atoms with E-state index in [1.165, 1.54) is 0 Å². The van der Waals surface area contributed by atoms with Gasteiger partial charge in [0.1, 0.15) is 5.75 Å². The Morgan fingerprint density at radius 3 is 2.20 bits per heavy atom. The highest BCUT2D eigenvalue weighted by atomic mass is 16.9. The Morgan fingerprint density at radius 2 is 1.57 bits per heavy atom. The van der Waals surface area contributed by atoms with Crippen LogP contribution in [0.15, 0.2) is 48.5 Å². The first kappa shape index (κ1) is 21.4. The van der Waals surface area contributed by atoms with Gasteiger partial charge in [0, 0.05) is 11.1 Å². The average molecular weight is 410 g/mol. The lowest BCUT2D eigenvalue weighted by atomic mass is 9.78. The van der Waals surface area contributed by atoms with Gasteiger partial charge in [-0.25, -0.2) is 0 Å². The van der Waals surface area contributed by atoms with Crippen LogP contribution in [0.4, 0.5) is 0 Å². The molecule has 30 heavy (non-hydrogen) atoms. The Morgan fingerprint density at radius 1 is 0.900 bits per heavy atom. The molecule has 160 valence electrons. The second-order valence-corrected chi connectivity index (χ2v) is 8.93. The van der Waals surface area contributed by atoms with Crippen molar-refractivity contribution in [3.05, 3.63) is 59.7 Å². The van der Waals surface area contributed by atoms with Crippen molar-refractivity contribution >= 4 is 12.6 Å². The zero-order valence-electron chi connectivity index (χ0n) is 18.5. The normalized spacial score (nSPS) is 24.5. The standard InChI is InChI=1S/C24H31BO5/c1-6-7-15-26-20-14-13-18(25-29-23(2,3)24(4,5)30-25)16-19(20)22-27-21(28-22)17-11-9-8-10-12-17/h8-14,16,21-22H,6-7,15H2,1-5H3. The van der Waals surface area contributed by atoms with Gasteiger partial charge in [-0.05, 0) is 45.6 Å². The van der Waals surface area contributed by atoms with Crippen LogP contribution in [0.1, 0.15) is 71.2 Å². The van der Waals surface area contributed by atoms with E-state index in [1.807, 2.05) is 48.5 Å². The van der Waals surface area contributed by atoms with E-state index in [4.69, 9.17) is 23.5 Å². The Labute approximate surface area is 179 Å². The van der Waals surface area contributed by atoms with Gasteiger partial charge in [0.2, 0.25) is 0 Å². The molecular weight excluding hydrogens is 379 g/mol. The van der Waals surface area contributed by atoms with Crippen LogP contribution in [0.5, 0.6) is 5.75 Å². The minimum absolute atomic E-state index is 0.361. The molecule has 6 heteroatoms. The predicted octanol–water partition coefficient (Wildman–Crippen LogP) is 4.91. The third-order valence-corrected chi connectivity index (χ3v) is 6.13. The van der Waals surface area contributed by atoms with E-state index < -0.39 is 24.6 Å². The molecule has 0 spiro atoms. The van der Waals surface area contributed by atoms with Crippen molar-refractivity contribution in [3.63, 3.8) is 0 Å². The van der Waals surface area contributed by atoms with E-state index in [1.54, 1.807) is 0 Å². The van der Waals surface area contributed by atoms with Crippen LogP contribution < -0.4 is 10.2 Å². The fourth-order valence-electron chi connectivity index (χ4n) is 3.48. The minimum Gasteiger partial charge on any atom is -0.493 e. The molecule has 0 unspecified atom stereocenters. The molecule has 2 aromatic carbocycles. The zero-order chi connectivity index (χ0) is 21.4. The van der Waals surface area contributed by atoms with E-state index >= 15 is 0 Å². The topological polar surface area (TPSA) is 46.2 Å². The summed E-state index contributed by atoms with van der Waals surface area (Å²) in [6.07, 6.45) is 1.24. The number of ether oxygens (including phenoxy) is 3. The maximum atomic E-state index is 6.22. The number of unbranched alkanes of at least 4 members (excludes halogenated alkanes) is 1. The molecule has 0 saturated carbocycles. The SMILES string of the molecule is CCCCOc1ccc(B2OC(C)(C)C(C)(C)O2)cc1C1OC(c2ccccc2)O1. The van der Waals surface area contributed by atoms with E-state index in [2.05, 4.69) is 34.6 Å². The number of rotatable bonds is 7. The van der Waals surface area contributed by atoms with E-state index in [0.717, 1.165) is 35.2 Å². The molecular formula is C24H31BO5. The van der Waals surface area contributed by atoms with Crippen LogP contribution in [-0.2, 0) is 18.8 Å². The molecule has 2 saturated heterocycles. The van der Waals surface area contributed by atoms with Crippen molar-refractivity contribution in [1.82, 2.24) is 0 Å². The Kier molecular flexibility index (Phi) is 5.95. The molecule has 0 N–H and O–H groups in total. The van der Waals surface area contributed by atoms with Gasteiger partial charge in [0.05, 0.1) is 17.8 Å². The number of benzene rings is 2.